The lowest BCUT2D eigenvalue weighted by Gasteiger charge is -2.42. The second-order valence-electron chi connectivity index (χ2n) is 9.91. The molecule has 2 bridgehead atoms. The molecular formula is C25H27FN6O. The van der Waals surface area contributed by atoms with Crippen LogP contribution in [0.15, 0.2) is 42.9 Å². The second-order valence-corrected chi connectivity index (χ2v) is 9.91. The van der Waals surface area contributed by atoms with Crippen LogP contribution in [-0.4, -0.2) is 69.8 Å². The molecule has 1 saturated carbocycles. The summed E-state index contributed by atoms with van der Waals surface area (Å²) >= 11 is 0. The number of pyridine rings is 1. The van der Waals surface area contributed by atoms with Gasteiger partial charge in [-0.15, -0.1) is 0 Å². The van der Waals surface area contributed by atoms with Gasteiger partial charge in [-0.1, -0.05) is 0 Å². The monoisotopic (exact) mass is 446 g/mol. The van der Waals surface area contributed by atoms with Crippen molar-refractivity contribution in [3.05, 3.63) is 42.9 Å². The standard InChI is InChI=1S/C25H27FN6O/c26-21-12-20(21)25(33)32-18-2-3-19(32)15-30(14-18)22-5-7-28-31-13-17(10-23(22)31)16-4-6-27-24(11-16)29-8-1-9-29/h4-7,10-11,13,18-21H,1-3,8-9,12,14-15H2/t18?,19?,20-,21-/m1/s1. The van der Waals surface area contributed by atoms with E-state index in [-0.39, 0.29) is 23.9 Å². The Morgan fingerprint density at radius 1 is 1.00 bits per heavy atom. The molecule has 3 aromatic rings. The maximum absolute atomic E-state index is 13.5. The highest BCUT2D eigenvalue weighted by atomic mass is 19.1. The third-order valence-electron chi connectivity index (χ3n) is 7.85. The number of piperazine rings is 1. The molecule has 0 radical (unpaired) electrons. The van der Waals surface area contributed by atoms with Crippen molar-refractivity contribution in [2.75, 3.05) is 36.0 Å². The zero-order valence-electron chi connectivity index (χ0n) is 18.5. The smallest absolute Gasteiger partial charge is 0.229 e. The lowest BCUT2D eigenvalue weighted by molar-refractivity contribution is -0.136. The van der Waals surface area contributed by atoms with Crippen LogP contribution in [0.25, 0.3) is 16.6 Å². The minimum absolute atomic E-state index is 0.0372. The van der Waals surface area contributed by atoms with Crippen LogP contribution >= 0.6 is 0 Å². The molecule has 4 aliphatic rings. The van der Waals surface area contributed by atoms with E-state index in [1.807, 2.05) is 21.8 Å². The highest BCUT2D eigenvalue weighted by Gasteiger charge is 2.51. The van der Waals surface area contributed by atoms with Gasteiger partial charge in [0, 0.05) is 62.4 Å². The molecule has 6 heterocycles. The Bertz CT molecular complexity index is 1220. The number of anilines is 2. The largest absolute Gasteiger partial charge is 0.366 e. The van der Waals surface area contributed by atoms with E-state index < -0.39 is 6.17 Å². The first-order valence-electron chi connectivity index (χ1n) is 12.1. The van der Waals surface area contributed by atoms with E-state index in [0.717, 1.165) is 67.2 Å². The van der Waals surface area contributed by atoms with Gasteiger partial charge in [-0.25, -0.2) is 13.9 Å². The van der Waals surface area contributed by atoms with Crippen LogP contribution in [-0.2, 0) is 4.79 Å². The highest BCUT2D eigenvalue weighted by molar-refractivity contribution is 5.84. The van der Waals surface area contributed by atoms with Crippen LogP contribution in [0.2, 0.25) is 0 Å². The topological polar surface area (TPSA) is 57.0 Å². The number of fused-ring (bicyclic) bond motifs is 3. The molecule has 33 heavy (non-hydrogen) atoms. The van der Waals surface area contributed by atoms with Crippen LogP contribution in [0, 0.1) is 5.92 Å². The first-order chi connectivity index (χ1) is 16.2. The Hall–Kier alpha value is -3.16. The molecule has 0 N–H and O–H groups in total. The van der Waals surface area contributed by atoms with Gasteiger partial charge in [-0.2, -0.15) is 5.10 Å². The molecule has 0 spiro atoms. The SMILES string of the molecule is O=C([C@@H]1C[C@H]1F)N1C2CCC1CN(c1ccnn3cc(-c4ccnc(N5CCC5)c4)cc13)C2. The second kappa shape index (κ2) is 7.17. The number of amides is 1. The summed E-state index contributed by atoms with van der Waals surface area (Å²) < 4.78 is 15.5. The van der Waals surface area contributed by atoms with E-state index in [0.29, 0.717) is 6.42 Å². The van der Waals surface area contributed by atoms with Gasteiger partial charge < -0.3 is 14.7 Å². The van der Waals surface area contributed by atoms with Gasteiger partial charge in [-0.05, 0) is 55.5 Å². The molecule has 1 aliphatic carbocycles. The zero-order chi connectivity index (χ0) is 22.1. The van der Waals surface area contributed by atoms with Gasteiger partial charge in [-0.3, -0.25) is 4.79 Å². The summed E-state index contributed by atoms with van der Waals surface area (Å²) in [7, 11) is 0. The maximum Gasteiger partial charge on any atom is 0.229 e. The molecule has 0 aromatic carbocycles. The fourth-order valence-corrected chi connectivity index (χ4v) is 5.81. The first kappa shape index (κ1) is 19.3. The van der Waals surface area contributed by atoms with E-state index in [1.54, 1.807) is 0 Å². The number of hydrogen-bond donors (Lipinski definition) is 0. The summed E-state index contributed by atoms with van der Waals surface area (Å²) in [6.45, 7) is 3.73. The highest BCUT2D eigenvalue weighted by Crippen LogP contribution is 2.41. The number of carbonyl (C=O) groups excluding carboxylic acids is 1. The molecule has 4 fully saturated rings. The fraction of sp³-hybridized carbons (Fsp3) is 0.480. The van der Waals surface area contributed by atoms with E-state index in [9.17, 15) is 9.18 Å². The lowest BCUT2D eigenvalue weighted by atomic mass is 10.1. The van der Waals surface area contributed by atoms with Crippen LogP contribution in [0.4, 0.5) is 15.9 Å². The Kier molecular flexibility index (Phi) is 4.20. The molecular weight excluding hydrogens is 419 g/mol. The predicted octanol–water partition coefficient (Wildman–Crippen LogP) is 3.14. The molecule has 8 heteroatoms. The Labute approximate surface area is 191 Å². The van der Waals surface area contributed by atoms with Crippen LogP contribution in [0.3, 0.4) is 0 Å². The molecule has 7 rings (SSSR count). The number of rotatable bonds is 4. The number of halogens is 1. The molecule has 1 amide bonds. The third kappa shape index (κ3) is 3.10. The third-order valence-corrected chi connectivity index (χ3v) is 7.85. The average Bonchev–Trinajstić information content (AvgIpc) is 3.25. The van der Waals surface area contributed by atoms with Crippen molar-refractivity contribution in [3.63, 3.8) is 0 Å². The van der Waals surface area contributed by atoms with Gasteiger partial charge in [0.1, 0.15) is 12.0 Å². The van der Waals surface area contributed by atoms with Crippen molar-refractivity contribution in [2.24, 2.45) is 5.92 Å². The number of carbonyl (C=O) groups is 1. The van der Waals surface area contributed by atoms with Crippen molar-refractivity contribution in [3.8, 4) is 11.1 Å². The van der Waals surface area contributed by atoms with Crippen LogP contribution < -0.4 is 9.80 Å². The number of nitrogens with zero attached hydrogens (tertiary/aromatic N) is 6. The molecule has 4 atom stereocenters. The summed E-state index contributed by atoms with van der Waals surface area (Å²) in [5, 5.41) is 4.56. The van der Waals surface area contributed by atoms with Crippen molar-refractivity contribution < 1.29 is 9.18 Å². The number of alkyl halides is 1. The van der Waals surface area contributed by atoms with Gasteiger partial charge in [0.15, 0.2) is 0 Å². The molecule has 170 valence electrons. The summed E-state index contributed by atoms with van der Waals surface area (Å²) in [6, 6.07) is 8.84. The summed E-state index contributed by atoms with van der Waals surface area (Å²) in [5.41, 5.74) is 4.48. The van der Waals surface area contributed by atoms with E-state index in [2.05, 4.69) is 50.3 Å². The Morgan fingerprint density at radius 2 is 1.79 bits per heavy atom. The molecule has 3 aromatic heterocycles. The van der Waals surface area contributed by atoms with Crippen molar-refractivity contribution in [1.82, 2.24) is 19.5 Å². The van der Waals surface area contributed by atoms with E-state index >= 15 is 0 Å². The van der Waals surface area contributed by atoms with Crippen molar-refractivity contribution >= 4 is 22.9 Å². The fourth-order valence-electron chi connectivity index (χ4n) is 5.81. The quantitative estimate of drug-likeness (QED) is 0.616. The minimum atomic E-state index is -0.927. The van der Waals surface area contributed by atoms with Crippen LogP contribution in [0.5, 0.6) is 0 Å². The Balaban J connectivity index is 1.18. The first-order valence-corrected chi connectivity index (χ1v) is 12.1. The molecule has 3 saturated heterocycles. The van der Waals surface area contributed by atoms with Gasteiger partial charge in [0.2, 0.25) is 5.91 Å². The zero-order valence-corrected chi connectivity index (χ0v) is 18.5. The van der Waals surface area contributed by atoms with Gasteiger partial charge in [0.05, 0.1) is 17.1 Å². The molecule has 7 nitrogen and oxygen atoms in total. The maximum atomic E-state index is 13.5. The predicted molar refractivity (Wildman–Crippen MR) is 124 cm³/mol. The van der Waals surface area contributed by atoms with Crippen molar-refractivity contribution in [1.29, 1.82) is 0 Å². The Morgan fingerprint density at radius 3 is 2.48 bits per heavy atom. The van der Waals surface area contributed by atoms with Crippen molar-refractivity contribution in [2.45, 2.75) is 43.9 Å². The van der Waals surface area contributed by atoms with Gasteiger partial charge in [0.25, 0.3) is 0 Å². The average molecular weight is 447 g/mol. The minimum Gasteiger partial charge on any atom is -0.366 e. The van der Waals surface area contributed by atoms with E-state index in [4.69, 9.17) is 0 Å². The summed E-state index contributed by atoms with van der Waals surface area (Å²) in [4.78, 5) is 24.0. The number of aromatic nitrogens is 3. The lowest BCUT2D eigenvalue weighted by Crippen LogP contribution is -2.56. The molecule has 2 unspecified atom stereocenters. The molecule has 3 aliphatic heterocycles. The normalized spacial score (nSPS) is 28.3. The number of hydrogen-bond acceptors (Lipinski definition) is 5. The van der Waals surface area contributed by atoms with E-state index in [1.165, 1.54) is 6.42 Å². The summed E-state index contributed by atoms with van der Waals surface area (Å²) in [5.74, 6) is 0.683. The van der Waals surface area contributed by atoms with Crippen LogP contribution in [0.1, 0.15) is 25.7 Å². The summed E-state index contributed by atoms with van der Waals surface area (Å²) in [6.07, 6.45) is 8.52. The van der Waals surface area contributed by atoms with Gasteiger partial charge >= 0.3 is 0 Å².